The highest BCUT2D eigenvalue weighted by atomic mass is 80.0. The molecule has 0 rings (SSSR count). The second-order valence-electron chi connectivity index (χ2n) is 8.33. The van der Waals surface area contributed by atoms with Gasteiger partial charge in [0.15, 0.2) is 0 Å². The standard InChI is InChI=1S/C21H32Br9N3O6/c1-2-18(12-37-9-3-6-31-15(34)19(22,23)24,13-38-10-4-7-32-16(35)20(25,26)27)14-39-11-5-8-33-17(36)21(28,29)30/h2-14H2,1H3,(H,31,34)(H,32,35)(H,33,36). The van der Waals surface area contributed by atoms with E-state index in [2.05, 4.69) is 166 Å². The van der Waals surface area contributed by atoms with Gasteiger partial charge in [-0.3, -0.25) is 14.4 Å². The zero-order valence-electron chi connectivity index (χ0n) is 21.0. The molecule has 0 aliphatic heterocycles. The monoisotopic (exact) mass is 1130 g/mol. The molecule has 0 aromatic carbocycles. The van der Waals surface area contributed by atoms with Crippen molar-refractivity contribution in [2.75, 3.05) is 59.3 Å². The predicted octanol–water partition coefficient (Wildman–Crippen LogP) is 6.47. The summed E-state index contributed by atoms with van der Waals surface area (Å²) >= 11 is 28.6. The zero-order valence-corrected chi connectivity index (χ0v) is 35.3. The molecule has 0 radical (unpaired) electrons. The molecule has 3 N–H and O–H groups in total. The highest BCUT2D eigenvalue weighted by Gasteiger charge is 2.31. The van der Waals surface area contributed by atoms with E-state index in [1.165, 1.54) is 0 Å². The molecule has 0 aromatic heterocycles. The summed E-state index contributed by atoms with van der Waals surface area (Å²) in [7, 11) is 0. The lowest BCUT2D eigenvalue weighted by Crippen LogP contribution is -2.38. The van der Waals surface area contributed by atoms with E-state index in [-0.39, 0.29) is 23.1 Å². The average molecular weight is 1140 g/mol. The summed E-state index contributed by atoms with van der Waals surface area (Å²) in [6.07, 6.45) is 2.68. The molecular weight excluding hydrogens is 1110 g/mol. The van der Waals surface area contributed by atoms with E-state index in [9.17, 15) is 14.4 Å². The molecule has 9 nitrogen and oxygen atoms in total. The quantitative estimate of drug-likeness (QED) is 0.101. The number of alkyl halides is 9. The first-order valence-corrected chi connectivity index (χ1v) is 18.9. The van der Waals surface area contributed by atoms with Gasteiger partial charge in [0, 0.05) is 44.9 Å². The van der Waals surface area contributed by atoms with Crippen molar-refractivity contribution in [2.45, 2.75) is 39.0 Å². The summed E-state index contributed by atoms with van der Waals surface area (Å²) in [6, 6.07) is 0. The van der Waals surface area contributed by atoms with Gasteiger partial charge in [0.05, 0.1) is 19.8 Å². The highest BCUT2D eigenvalue weighted by Crippen LogP contribution is 2.34. The van der Waals surface area contributed by atoms with E-state index in [0.29, 0.717) is 78.5 Å². The third-order valence-corrected chi connectivity index (χ3v) is 8.24. The van der Waals surface area contributed by atoms with Crippen molar-refractivity contribution in [3.63, 3.8) is 0 Å². The second-order valence-corrected chi connectivity index (χ2v) is 28.6. The third kappa shape index (κ3) is 21.1. The summed E-state index contributed by atoms with van der Waals surface area (Å²) in [5, 5.41) is 8.37. The smallest absolute Gasteiger partial charge is 0.258 e. The second kappa shape index (κ2) is 21.4. The summed E-state index contributed by atoms with van der Waals surface area (Å²) in [6.45, 7) is 6.08. The van der Waals surface area contributed by atoms with Gasteiger partial charge in [-0.1, -0.05) is 6.92 Å². The fraction of sp³-hybridized carbons (Fsp3) is 0.857. The summed E-state index contributed by atoms with van der Waals surface area (Å²) in [4.78, 5) is 35.6. The Morgan fingerprint density at radius 2 is 0.795 bits per heavy atom. The van der Waals surface area contributed by atoms with Crippen LogP contribution < -0.4 is 16.0 Å². The largest absolute Gasteiger partial charge is 0.381 e. The molecule has 0 unspecified atom stereocenters. The van der Waals surface area contributed by atoms with Crippen molar-refractivity contribution in [2.24, 2.45) is 5.41 Å². The zero-order chi connectivity index (χ0) is 30.2. The molecule has 0 aromatic rings. The molecule has 0 spiro atoms. The van der Waals surface area contributed by atoms with Crippen LogP contribution in [0.2, 0.25) is 0 Å². The molecule has 0 bridgehead atoms. The van der Waals surface area contributed by atoms with Gasteiger partial charge in [0.25, 0.3) is 17.7 Å². The molecule has 18 heteroatoms. The van der Waals surface area contributed by atoms with E-state index in [4.69, 9.17) is 14.2 Å². The van der Waals surface area contributed by atoms with Gasteiger partial charge < -0.3 is 30.2 Å². The fourth-order valence-electron chi connectivity index (χ4n) is 2.73. The van der Waals surface area contributed by atoms with Crippen molar-refractivity contribution >= 4 is 161 Å². The van der Waals surface area contributed by atoms with E-state index in [0.717, 1.165) is 6.42 Å². The maximum absolute atomic E-state index is 11.9. The SMILES string of the molecule is CCC(COCCCNC(=O)C(Br)(Br)Br)(COCCCNC(=O)C(Br)(Br)Br)COCCCNC(=O)C(Br)(Br)Br. The van der Waals surface area contributed by atoms with Gasteiger partial charge in [0.1, 0.15) is 0 Å². The highest BCUT2D eigenvalue weighted by molar-refractivity contribution is 9.40. The fourth-order valence-corrected chi connectivity index (χ4v) is 3.99. The summed E-state index contributed by atoms with van der Waals surface area (Å²) in [5.74, 6) is -0.701. The lowest BCUT2D eigenvalue weighted by molar-refractivity contribution is -0.120. The average Bonchev–Trinajstić information content (AvgIpc) is 2.82. The number of carbonyl (C=O) groups excluding carboxylic acids is 3. The van der Waals surface area contributed by atoms with Crippen molar-refractivity contribution < 1.29 is 28.6 Å². The van der Waals surface area contributed by atoms with E-state index >= 15 is 0 Å². The van der Waals surface area contributed by atoms with Gasteiger partial charge in [0.2, 0.25) is 6.43 Å². The van der Waals surface area contributed by atoms with Crippen molar-refractivity contribution in [3.05, 3.63) is 0 Å². The van der Waals surface area contributed by atoms with Gasteiger partial charge in [-0.15, -0.1) is 0 Å². The van der Waals surface area contributed by atoms with Gasteiger partial charge in [-0.25, -0.2) is 0 Å². The molecule has 0 atom stereocenters. The Hall–Kier alpha value is 2.61. The molecule has 230 valence electrons. The van der Waals surface area contributed by atoms with Crippen LogP contribution in [0.3, 0.4) is 0 Å². The molecule has 39 heavy (non-hydrogen) atoms. The van der Waals surface area contributed by atoms with Crippen LogP contribution >= 0.6 is 143 Å². The number of ether oxygens (including phenoxy) is 3. The molecule has 0 aliphatic rings. The minimum Gasteiger partial charge on any atom is -0.381 e. The van der Waals surface area contributed by atoms with E-state index < -0.39 is 6.43 Å². The Bertz CT molecular complexity index is 653. The van der Waals surface area contributed by atoms with E-state index in [1.807, 2.05) is 0 Å². The van der Waals surface area contributed by atoms with Crippen LogP contribution in [0, 0.1) is 5.41 Å². The van der Waals surface area contributed by atoms with Crippen molar-refractivity contribution in [3.8, 4) is 0 Å². The van der Waals surface area contributed by atoms with Crippen LogP contribution in [-0.2, 0) is 28.6 Å². The number of carbonyl (C=O) groups is 3. The summed E-state index contributed by atoms with van der Waals surface area (Å²) in [5.41, 5.74) is -0.375. The van der Waals surface area contributed by atoms with Gasteiger partial charge in [-0.05, 0) is 169 Å². The number of hydrogen-bond donors (Lipinski definition) is 3. The lowest BCUT2D eigenvalue weighted by Gasteiger charge is -2.32. The first-order valence-electron chi connectivity index (χ1n) is 11.7. The summed E-state index contributed by atoms with van der Waals surface area (Å²) < 4.78 is 14.9. The Balaban J connectivity index is 4.67. The number of rotatable bonds is 19. The topological polar surface area (TPSA) is 115 Å². The normalized spacial score (nSPS) is 12.8. The predicted molar refractivity (Wildman–Crippen MR) is 187 cm³/mol. The van der Waals surface area contributed by atoms with Crippen LogP contribution in [0.1, 0.15) is 32.6 Å². The maximum atomic E-state index is 11.9. The van der Waals surface area contributed by atoms with Crippen molar-refractivity contribution in [1.29, 1.82) is 0 Å². The Labute approximate surface area is 305 Å². The number of nitrogens with one attached hydrogen (secondary N) is 3. The Morgan fingerprint density at radius 3 is 1.00 bits per heavy atom. The minimum atomic E-state index is -0.981. The molecule has 3 amide bonds. The van der Waals surface area contributed by atoms with Crippen LogP contribution in [0.25, 0.3) is 0 Å². The molecule has 0 saturated heterocycles. The van der Waals surface area contributed by atoms with Crippen LogP contribution in [0.15, 0.2) is 0 Å². The first kappa shape index (κ1) is 41.6. The van der Waals surface area contributed by atoms with Crippen LogP contribution in [0.5, 0.6) is 0 Å². The van der Waals surface area contributed by atoms with Crippen molar-refractivity contribution in [1.82, 2.24) is 16.0 Å². The first-order chi connectivity index (χ1) is 17.9. The molecular formula is C21H32Br9N3O6. The van der Waals surface area contributed by atoms with Crippen LogP contribution in [-0.4, -0.2) is 83.4 Å². The lowest BCUT2D eigenvalue weighted by atomic mass is 9.88. The molecule has 0 saturated carbocycles. The molecule has 0 heterocycles. The maximum Gasteiger partial charge on any atom is 0.258 e. The van der Waals surface area contributed by atoms with E-state index in [1.54, 1.807) is 0 Å². The third-order valence-electron chi connectivity index (χ3n) is 5.00. The number of amides is 3. The molecule has 0 aliphatic carbocycles. The Morgan fingerprint density at radius 1 is 0.538 bits per heavy atom. The van der Waals surface area contributed by atoms with Gasteiger partial charge in [-0.2, -0.15) is 0 Å². The van der Waals surface area contributed by atoms with Crippen LogP contribution in [0.4, 0.5) is 0 Å². The van der Waals surface area contributed by atoms with Gasteiger partial charge >= 0.3 is 0 Å². The number of halogens is 9. The Kier molecular flexibility index (Phi) is 22.8. The molecule has 0 fully saturated rings. The minimum absolute atomic E-state index is 0.234. The number of hydrogen-bond acceptors (Lipinski definition) is 6.